The number of benzene rings is 1. The van der Waals surface area contributed by atoms with E-state index in [0.29, 0.717) is 6.54 Å². The van der Waals surface area contributed by atoms with Gasteiger partial charge < -0.3 is 11.1 Å². The highest BCUT2D eigenvalue weighted by molar-refractivity contribution is 7.78. The first-order chi connectivity index (χ1) is 8.77. The van der Waals surface area contributed by atoms with E-state index in [1.807, 2.05) is 25.2 Å². The van der Waals surface area contributed by atoms with Crippen LogP contribution in [0.1, 0.15) is 5.56 Å². The lowest BCUT2D eigenvalue weighted by Crippen LogP contribution is -2.39. The van der Waals surface area contributed by atoms with Crippen LogP contribution in [0.25, 0.3) is 0 Å². The second-order valence-electron chi connectivity index (χ2n) is 4.09. The molecule has 0 aromatic heterocycles. The van der Waals surface area contributed by atoms with Gasteiger partial charge in [0.2, 0.25) is 0 Å². The van der Waals surface area contributed by atoms with Gasteiger partial charge in [0.25, 0.3) is 0 Å². The van der Waals surface area contributed by atoms with Gasteiger partial charge in [-0.2, -0.15) is 0 Å². The zero-order chi connectivity index (χ0) is 13.2. The topological polar surface area (TPSA) is 53.6 Å². The molecule has 1 rings (SSSR count). The predicted molar refractivity (Wildman–Crippen MR) is 78.6 cm³/mol. The van der Waals surface area contributed by atoms with E-state index in [2.05, 4.69) is 32.5 Å². The summed E-state index contributed by atoms with van der Waals surface area (Å²) in [5.41, 5.74) is 6.70. The number of hydrogen-bond donors (Lipinski definition) is 2. The minimum absolute atomic E-state index is 0.00532. The molecule has 3 N–H and O–H groups in total. The quantitative estimate of drug-likeness (QED) is 0.419. The molecule has 0 radical (unpaired) electrons. The van der Waals surface area contributed by atoms with Crippen molar-refractivity contribution in [1.29, 1.82) is 0 Å². The zero-order valence-electron chi connectivity index (χ0n) is 10.7. The third kappa shape index (κ3) is 5.49. The van der Waals surface area contributed by atoms with Gasteiger partial charge >= 0.3 is 0 Å². The van der Waals surface area contributed by atoms with Crippen LogP contribution in [0.5, 0.6) is 0 Å². The van der Waals surface area contributed by atoms with Crippen LogP contribution in [-0.4, -0.2) is 42.9 Å². The lowest BCUT2D eigenvalue weighted by molar-refractivity contribution is 0.236. The van der Waals surface area contributed by atoms with Crippen molar-refractivity contribution in [2.45, 2.75) is 12.7 Å². The number of rotatable bonds is 8. The molecule has 0 fully saturated rings. The van der Waals surface area contributed by atoms with Gasteiger partial charge in [0.15, 0.2) is 0 Å². The van der Waals surface area contributed by atoms with Crippen molar-refractivity contribution in [3.63, 3.8) is 0 Å². The molecule has 5 heteroatoms. The number of hydrogen-bond acceptors (Lipinski definition) is 5. The highest BCUT2D eigenvalue weighted by atomic mass is 32.1. The molecule has 0 saturated heterocycles. The fourth-order valence-electron chi connectivity index (χ4n) is 1.67. The molecule has 0 bridgehead atoms. The smallest absolute Gasteiger partial charge is 0.125 e. The minimum Gasteiger partial charge on any atom is -0.329 e. The first-order valence-electron chi connectivity index (χ1n) is 6.00. The summed E-state index contributed by atoms with van der Waals surface area (Å²) in [4.78, 5) is 6.32. The van der Waals surface area contributed by atoms with Crippen LogP contribution in [0.4, 0.5) is 0 Å². The maximum atomic E-state index is 5.45. The molecule has 0 aliphatic heterocycles. The second-order valence-corrected chi connectivity index (χ2v) is 4.28. The third-order valence-corrected chi connectivity index (χ3v) is 2.74. The standard InChI is InChI=1S/C13H20N4S/c1-17(10-12-5-3-2-4-6-12)13(16-11-18)9-15-8-7-14/h2-6,13,15H,7-10,14H2,1H3. The number of aliphatic imine (C=N–C) groups is 1. The third-order valence-electron chi connectivity index (χ3n) is 2.63. The largest absolute Gasteiger partial charge is 0.329 e. The van der Waals surface area contributed by atoms with E-state index in [-0.39, 0.29) is 6.17 Å². The molecule has 1 aromatic rings. The maximum Gasteiger partial charge on any atom is 0.125 e. The summed E-state index contributed by atoms with van der Waals surface area (Å²) in [7, 11) is 2.03. The van der Waals surface area contributed by atoms with Crippen molar-refractivity contribution in [1.82, 2.24) is 10.2 Å². The highest BCUT2D eigenvalue weighted by Gasteiger charge is 2.12. The maximum absolute atomic E-state index is 5.45. The number of nitrogens with two attached hydrogens (primary N) is 1. The lowest BCUT2D eigenvalue weighted by Gasteiger charge is -2.24. The van der Waals surface area contributed by atoms with Crippen molar-refractivity contribution in [2.24, 2.45) is 10.7 Å². The molecular weight excluding hydrogens is 244 g/mol. The van der Waals surface area contributed by atoms with E-state index in [1.165, 1.54) is 5.56 Å². The molecule has 0 aliphatic carbocycles. The van der Waals surface area contributed by atoms with E-state index in [9.17, 15) is 0 Å². The Bertz CT molecular complexity index is 376. The summed E-state index contributed by atoms with van der Waals surface area (Å²) in [6, 6.07) is 10.3. The number of thiocarbonyl (C=S) groups is 1. The Balaban J connectivity index is 2.53. The Labute approximate surface area is 114 Å². The molecular formula is C13H20N4S. The lowest BCUT2D eigenvalue weighted by atomic mass is 10.2. The van der Waals surface area contributed by atoms with Crippen LogP contribution < -0.4 is 11.1 Å². The van der Waals surface area contributed by atoms with Crippen LogP contribution >= 0.6 is 12.2 Å². The number of likely N-dealkylation sites (N-methyl/N-ethyl adjacent to an activating group) is 1. The molecule has 0 heterocycles. The van der Waals surface area contributed by atoms with Gasteiger partial charge in [-0.25, -0.2) is 4.99 Å². The number of nitrogens with one attached hydrogen (secondary N) is 1. The van der Waals surface area contributed by atoms with E-state index >= 15 is 0 Å². The summed E-state index contributed by atoms with van der Waals surface area (Å²) in [6.07, 6.45) is -0.00532. The molecule has 0 amide bonds. The van der Waals surface area contributed by atoms with Gasteiger partial charge in [0, 0.05) is 26.2 Å². The summed E-state index contributed by atoms with van der Waals surface area (Å²) in [6.45, 7) is 2.96. The molecule has 1 unspecified atom stereocenters. The predicted octanol–water partition coefficient (Wildman–Crippen LogP) is 1.10. The van der Waals surface area contributed by atoms with Crippen LogP contribution in [-0.2, 0) is 6.54 Å². The van der Waals surface area contributed by atoms with Crippen LogP contribution in [0.3, 0.4) is 0 Å². The van der Waals surface area contributed by atoms with Gasteiger partial charge in [-0.15, -0.1) is 0 Å². The molecule has 98 valence electrons. The molecule has 0 spiro atoms. The van der Waals surface area contributed by atoms with Crippen molar-refractivity contribution in [2.75, 3.05) is 26.7 Å². The fourth-order valence-corrected chi connectivity index (χ4v) is 1.79. The average molecular weight is 264 g/mol. The van der Waals surface area contributed by atoms with Crippen molar-refractivity contribution < 1.29 is 0 Å². The highest BCUT2D eigenvalue weighted by Crippen LogP contribution is 2.06. The average Bonchev–Trinajstić information content (AvgIpc) is 2.39. The Morgan fingerprint density at radius 1 is 1.44 bits per heavy atom. The van der Waals surface area contributed by atoms with Crippen LogP contribution in [0.2, 0.25) is 0 Å². The Morgan fingerprint density at radius 2 is 2.17 bits per heavy atom. The Hall–Kier alpha value is -1.10. The fraction of sp³-hybridized carbons (Fsp3) is 0.462. The van der Waals surface area contributed by atoms with Gasteiger partial charge in [-0.3, -0.25) is 4.90 Å². The van der Waals surface area contributed by atoms with E-state index in [0.717, 1.165) is 19.6 Å². The molecule has 0 saturated carbocycles. The first kappa shape index (κ1) is 15.0. The summed E-state index contributed by atoms with van der Waals surface area (Å²) >= 11 is 4.70. The summed E-state index contributed by atoms with van der Waals surface area (Å²) < 4.78 is 0. The van der Waals surface area contributed by atoms with Gasteiger partial charge in [0.1, 0.15) is 6.17 Å². The SMILES string of the molecule is CN(Cc1ccccc1)C(CNCCN)N=C=S. The monoisotopic (exact) mass is 264 g/mol. The van der Waals surface area contributed by atoms with E-state index in [4.69, 9.17) is 18.0 Å². The number of isothiocyanates is 1. The van der Waals surface area contributed by atoms with Crippen molar-refractivity contribution in [3.8, 4) is 0 Å². The van der Waals surface area contributed by atoms with Crippen LogP contribution in [0.15, 0.2) is 35.3 Å². The van der Waals surface area contributed by atoms with Crippen molar-refractivity contribution in [3.05, 3.63) is 35.9 Å². The minimum atomic E-state index is -0.00532. The molecule has 4 nitrogen and oxygen atoms in total. The molecule has 18 heavy (non-hydrogen) atoms. The van der Waals surface area contributed by atoms with Crippen LogP contribution in [0, 0.1) is 0 Å². The van der Waals surface area contributed by atoms with Gasteiger partial charge in [-0.1, -0.05) is 30.3 Å². The molecule has 1 aromatic carbocycles. The van der Waals surface area contributed by atoms with E-state index < -0.39 is 0 Å². The van der Waals surface area contributed by atoms with Gasteiger partial charge in [0.05, 0.1) is 5.16 Å². The molecule has 0 aliphatic rings. The van der Waals surface area contributed by atoms with Gasteiger partial charge in [-0.05, 0) is 24.8 Å². The summed E-state index contributed by atoms with van der Waals surface area (Å²) in [5.74, 6) is 0. The number of nitrogens with zero attached hydrogens (tertiary/aromatic N) is 2. The zero-order valence-corrected chi connectivity index (χ0v) is 11.5. The molecule has 1 atom stereocenters. The summed E-state index contributed by atoms with van der Waals surface area (Å²) in [5, 5.41) is 5.70. The first-order valence-corrected chi connectivity index (χ1v) is 6.40. The Morgan fingerprint density at radius 3 is 2.78 bits per heavy atom. The van der Waals surface area contributed by atoms with E-state index in [1.54, 1.807) is 0 Å². The Kier molecular flexibility index (Phi) is 7.41. The van der Waals surface area contributed by atoms with Crippen molar-refractivity contribution >= 4 is 17.4 Å². The second kappa shape index (κ2) is 8.91. The normalized spacial score (nSPS) is 12.2.